The van der Waals surface area contributed by atoms with Crippen LogP contribution in [0.5, 0.6) is 5.75 Å². The molecule has 0 spiro atoms. The summed E-state index contributed by atoms with van der Waals surface area (Å²) in [6.45, 7) is 19.7. The van der Waals surface area contributed by atoms with Crippen LogP contribution in [0.4, 0.5) is 0 Å². The molecule has 0 bridgehead atoms. The lowest BCUT2D eigenvalue weighted by Crippen LogP contribution is -2.55. The van der Waals surface area contributed by atoms with Gasteiger partial charge in [0.1, 0.15) is 17.3 Å². The number of nitrogens with zero attached hydrogens (tertiary/aromatic N) is 4. The number of esters is 1. The third kappa shape index (κ3) is 10.5. The predicted molar refractivity (Wildman–Crippen MR) is 200 cm³/mol. The van der Waals surface area contributed by atoms with E-state index in [2.05, 4.69) is 66.7 Å². The van der Waals surface area contributed by atoms with Crippen LogP contribution in [0.2, 0.25) is 0 Å². The smallest absolute Gasteiger partial charge is 0.319 e. The van der Waals surface area contributed by atoms with Crippen molar-refractivity contribution in [2.24, 2.45) is 17.3 Å². The van der Waals surface area contributed by atoms with E-state index in [1.165, 1.54) is 5.56 Å². The maximum Gasteiger partial charge on any atom is 0.319 e. The van der Waals surface area contributed by atoms with E-state index in [1.54, 1.807) is 28.1 Å². The lowest BCUT2D eigenvalue weighted by Gasteiger charge is -2.45. The Hall–Kier alpha value is -2.12. The van der Waals surface area contributed by atoms with Gasteiger partial charge in [0.05, 0.1) is 31.0 Å². The fourth-order valence-electron chi connectivity index (χ4n) is 8.51. The van der Waals surface area contributed by atoms with Gasteiger partial charge in [0.15, 0.2) is 12.1 Å². The van der Waals surface area contributed by atoms with Crippen LogP contribution in [0, 0.1) is 17.3 Å². The zero-order valence-corrected chi connectivity index (χ0v) is 33.6. The minimum Gasteiger partial charge on any atom is -0.497 e. The molecule has 290 valence electrons. The third-order valence-corrected chi connectivity index (χ3v) is 11.7. The predicted octanol–water partition coefficient (Wildman–Crippen LogP) is 4.56. The van der Waals surface area contributed by atoms with Crippen LogP contribution < -0.4 is 4.74 Å². The number of methoxy groups -OCH3 is 2. The van der Waals surface area contributed by atoms with Gasteiger partial charge < -0.3 is 28.6 Å². The van der Waals surface area contributed by atoms with Gasteiger partial charge in [-0.15, -0.1) is 0 Å². The van der Waals surface area contributed by atoms with E-state index < -0.39 is 41.4 Å². The minimum atomic E-state index is -1.38. The Kier molecular flexibility index (Phi) is 14.5. The SMILES string of the molecule is COc1cccc(CN2CCN(C[C@H]3[C@H](C)OC(=O)C(C)(C)C(=O)[C@H](C)[C@@H](O[C@H]4C[C@@H](N(C)C)C[C@@H](C)O4)[C@](C)(OC)C[C@@H](C)CN3C)CC2)c1. The zero-order chi connectivity index (χ0) is 37.7. The number of piperazine rings is 1. The highest BCUT2D eigenvalue weighted by atomic mass is 16.7. The number of likely N-dealkylation sites (N-methyl/N-ethyl adjacent to an activating group) is 1. The Morgan fingerprint density at radius 2 is 1.63 bits per heavy atom. The van der Waals surface area contributed by atoms with Gasteiger partial charge in [0.2, 0.25) is 0 Å². The zero-order valence-electron chi connectivity index (χ0n) is 33.6. The molecule has 11 nitrogen and oxygen atoms in total. The molecule has 3 fully saturated rings. The molecule has 4 rings (SSSR count). The number of carbonyl (C=O) groups is 2. The molecule has 3 aliphatic rings. The summed E-state index contributed by atoms with van der Waals surface area (Å²) < 4.78 is 31.1. The van der Waals surface area contributed by atoms with Gasteiger partial charge in [-0.25, -0.2) is 0 Å². The van der Waals surface area contributed by atoms with Crippen LogP contribution in [-0.4, -0.2) is 148 Å². The van der Waals surface area contributed by atoms with Crippen molar-refractivity contribution in [3.63, 3.8) is 0 Å². The molecule has 51 heavy (non-hydrogen) atoms. The molecule has 3 heterocycles. The van der Waals surface area contributed by atoms with Crippen LogP contribution in [0.3, 0.4) is 0 Å². The Morgan fingerprint density at radius 1 is 0.961 bits per heavy atom. The van der Waals surface area contributed by atoms with Gasteiger partial charge in [-0.3, -0.25) is 24.3 Å². The van der Waals surface area contributed by atoms with E-state index in [9.17, 15) is 9.59 Å². The van der Waals surface area contributed by atoms with E-state index in [4.69, 9.17) is 23.7 Å². The molecular formula is C40H68N4O7. The average Bonchev–Trinajstić information content (AvgIpc) is 3.08. The highest BCUT2D eigenvalue weighted by molar-refractivity contribution is 6.04. The molecule has 0 N–H and O–H groups in total. The highest BCUT2D eigenvalue weighted by Crippen LogP contribution is 2.38. The number of ketones is 1. The van der Waals surface area contributed by atoms with Gasteiger partial charge in [-0.2, -0.15) is 0 Å². The molecule has 3 aliphatic heterocycles. The topological polar surface area (TPSA) is 93.2 Å². The van der Waals surface area contributed by atoms with Gasteiger partial charge in [0, 0.05) is 71.3 Å². The maximum absolute atomic E-state index is 14.4. The lowest BCUT2D eigenvalue weighted by molar-refractivity contribution is -0.263. The Morgan fingerprint density at radius 3 is 2.25 bits per heavy atom. The monoisotopic (exact) mass is 717 g/mol. The molecule has 3 saturated heterocycles. The third-order valence-electron chi connectivity index (χ3n) is 11.7. The molecule has 11 heteroatoms. The number of rotatable bonds is 9. The number of ether oxygens (including phenoxy) is 5. The van der Waals surface area contributed by atoms with Crippen LogP contribution in [0.15, 0.2) is 24.3 Å². The quantitative estimate of drug-likeness (QED) is 0.266. The van der Waals surface area contributed by atoms with Crippen LogP contribution in [-0.2, 0) is 35.1 Å². The first-order chi connectivity index (χ1) is 24.0. The first kappa shape index (κ1) is 41.6. The van der Waals surface area contributed by atoms with Crippen molar-refractivity contribution < 1.29 is 33.3 Å². The Balaban J connectivity index is 1.53. The number of Topliss-reactive ketones (excluding diaryl/α,β-unsaturated/α-hetero) is 1. The molecule has 1 aromatic carbocycles. The summed E-state index contributed by atoms with van der Waals surface area (Å²) in [4.78, 5) is 37.9. The lowest BCUT2D eigenvalue weighted by atomic mass is 9.74. The molecule has 9 atom stereocenters. The average molecular weight is 717 g/mol. The van der Waals surface area contributed by atoms with Crippen LogP contribution in [0.25, 0.3) is 0 Å². The molecule has 0 amide bonds. The van der Waals surface area contributed by atoms with E-state index in [-0.39, 0.29) is 23.8 Å². The molecule has 0 saturated carbocycles. The first-order valence-electron chi connectivity index (χ1n) is 19.0. The van der Waals surface area contributed by atoms with Crippen molar-refractivity contribution in [1.29, 1.82) is 0 Å². The van der Waals surface area contributed by atoms with Crippen molar-refractivity contribution in [3.8, 4) is 5.75 Å². The van der Waals surface area contributed by atoms with Crippen LogP contribution >= 0.6 is 0 Å². The Labute approximate surface area is 308 Å². The number of carbonyl (C=O) groups excluding carboxylic acids is 2. The van der Waals surface area contributed by atoms with Gasteiger partial charge in [0.25, 0.3) is 0 Å². The van der Waals surface area contributed by atoms with E-state index >= 15 is 0 Å². The fourth-order valence-corrected chi connectivity index (χ4v) is 8.51. The first-order valence-corrected chi connectivity index (χ1v) is 19.0. The fraction of sp³-hybridized carbons (Fsp3) is 0.800. The second-order valence-electron chi connectivity index (χ2n) is 16.7. The summed E-state index contributed by atoms with van der Waals surface area (Å²) in [5.41, 5.74) is -0.958. The van der Waals surface area contributed by atoms with Gasteiger partial charge in [-0.1, -0.05) is 26.0 Å². The standard InChI is InChI=1S/C40H68N4O7/c1-27-23-40(7,48-12)37(51-35-22-32(41(8)9)20-28(2)49-35)29(3)36(45)39(5,6)38(46)50-30(4)34(42(10)24-27)26-44-18-16-43(17-19-44)25-31-14-13-15-33(21-31)47-11/h13-15,21,27-30,32,34-35,37H,16-20,22-26H2,1-12H3/t27-,28-,29+,30+,32+,34+,35+,37-,40-/m1/s1. The highest BCUT2D eigenvalue weighted by Gasteiger charge is 2.51. The van der Waals surface area contributed by atoms with Crippen molar-refractivity contribution in [1.82, 2.24) is 19.6 Å². The van der Waals surface area contributed by atoms with Crippen molar-refractivity contribution >= 4 is 11.8 Å². The molecular weight excluding hydrogens is 648 g/mol. The number of hydrogen-bond donors (Lipinski definition) is 0. The van der Waals surface area contributed by atoms with Crippen molar-refractivity contribution in [2.75, 3.05) is 74.6 Å². The van der Waals surface area contributed by atoms with E-state index in [0.717, 1.165) is 58.0 Å². The molecule has 0 aromatic heterocycles. The minimum absolute atomic E-state index is 0.0130. The molecule has 0 radical (unpaired) electrons. The van der Waals surface area contributed by atoms with E-state index in [0.29, 0.717) is 18.9 Å². The molecule has 0 aliphatic carbocycles. The number of cyclic esters (lactones) is 1. The summed E-state index contributed by atoms with van der Waals surface area (Å²) in [6, 6.07) is 8.50. The summed E-state index contributed by atoms with van der Waals surface area (Å²) in [5.74, 6) is -0.308. The van der Waals surface area contributed by atoms with Crippen molar-refractivity contribution in [2.45, 2.75) is 117 Å². The second-order valence-corrected chi connectivity index (χ2v) is 16.7. The summed E-state index contributed by atoms with van der Waals surface area (Å²) >= 11 is 0. The summed E-state index contributed by atoms with van der Waals surface area (Å²) in [7, 11) is 9.68. The molecule has 1 aromatic rings. The largest absolute Gasteiger partial charge is 0.497 e. The van der Waals surface area contributed by atoms with Crippen molar-refractivity contribution in [3.05, 3.63) is 29.8 Å². The maximum atomic E-state index is 14.4. The Bertz CT molecular complexity index is 1290. The normalized spacial score (nSPS) is 35.5. The second kappa shape index (κ2) is 17.8. The van der Waals surface area contributed by atoms with Crippen LogP contribution in [0.1, 0.15) is 73.3 Å². The number of benzene rings is 1. The summed E-state index contributed by atoms with van der Waals surface area (Å²) in [5, 5.41) is 0. The number of hydrogen-bond acceptors (Lipinski definition) is 11. The summed E-state index contributed by atoms with van der Waals surface area (Å²) in [6.07, 6.45) is 0.707. The van der Waals surface area contributed by atoms with Gasteiger partial charge >= 0.3 is 5.97 Å². The molecule has 0 unspecified atom stereocenters. The van der Waals surface area contributed by atoms with E-state index in [1.807, 2.05) is 32.9 Å². The van der Waals surface area contributed by atoms with Gasteiger partial charge in [-0.05, 0) is 92.2 Å².